The van der Waals surface area contributed by atoms with Gasteiger partial charge in [-0.25, -0.2) is 0 Å². The van der Waals surface area contributed by atoms with Crippen LogP contribution < -0.4 is 5.73 Å². The number of carbonyl (C=O) groups excluding carboxylic acids is 1. The van der Waals surface area contributed by atoms with Crippen molar-refractivity contribution in [3.8, 4) is 0 Å². The third-order valence-corrected chi connectivity index (χ3v) is 4.15. The van der Waals surface area contributed by atoms with E-state index in [0.29, 0.717) is 0 Å². The maximum absolute atomic E-state index is 11.7. The van der Waals surface area contributed by atoms with Crippen molar-refractivity contribution in [2.75, 3.05) is 0 Å². The fraction of sp³-hybridized carbons (Fsp3) is 0.0714. The predicted octanol–water partition coefficient (Wildman–Crippen LogP) is 2.77. The number of rotatable bonds is 1. The highest BCUT2D eigenvalue weighted by molar-refractivity contribution is 7.99. The van der Waals surface area contributed by atoms with E-state index in [-0.39, 0.29) is 11.8 Å². The van der Waals surface area contributed by atoms with Gasteiger partial charge < -0.3 is 5.73 Å². The zero-order chi connectivity index (χ0) is 11.8. The molecule has 0 atom stereocenters. The molecule has 0 unspecified atom stereocenters. The Labute approximate surface area is 104 Å². The fourth-order valence-corrected chi connectivity index (χ4v) is 3.35. The van der Waals surface area contributed by atoms with Gasteiger partial charge in [-0.1, -0.05) is 48.2 Å². The summed E-state index contributed by atoms with van der Waals surface area (Å²) >= 11 is 1.70. The first-order valence-electron chi connectivity index (χ1n) is 5.42. The van der Waals surface area contributed by atoms with Crippen molar-refractivity contribution in [1.82, 2.24) is 0 Å². The van der Waals surface area contributed by atoms with E-state index < -0.39 is 0 Å². The largest absolute Gasteiger partial charge is 0.369 e. The Morgan fingerprint density at radius 1 is 0.941 bits per heavy atom. The van der Waals surface area contributed by atoms with Crippen molar-refractivity contribution < 1.29 is 4.79 Å². The van der Waals surface area contributed by atoms with Gasteiger partial charge in [0.05, 0.1) is 5.92 Å². The number of amides is 1. The van der Waals surface area contributed by atoms with Crippen molar-refractivity contribution in [2.45, 2.75) is 15.7 Å². The van der Waals surface area contributed by atoms with Crippen LogP contribution in [0, 0.1) is 0 Å². The van der Waals surface area contributed by atoms with Crippen molar-refractivity contribution in [3.63, 3.8) is 0 Å². The van der Waals surface area contributed by atoms with E-state index in [1.807, 2.05) is 48.5 Å². The number of fused-ring (bicyclic) bond motifs is 2. The molecule has 0 aromatic heterocycles. The molecule has 0 spiro atoms. The summed E-state index contributed by atoms with van der Waals surface area (Å²) in [5.74, 6) is -0.603. The Kier molecular flexibility index (Phi) is 2.41. The minimum atomic E-state index is -0.316. The summed E-state index contributed by atoms with van der Waals surface area (Å²) < 4.78 is 0. The number of primary amides is 1. The molecule has 0 radical (unpaired) electrons. The second kappa shape index (κ2) is 3.93. The Morgan fingerprint density at radius 2 is 1.41 bits per heavy atom. The molecule has 2 aromatic rings. The lowest BCUT2D eigenvalue weighted by Crippen LogP contribution is -2.24. The molecular weight excluding hydrogens is 230 g/mol. The molecule has 0 fully saturated rings. The molecule has 1 amide bonds. The van der Waals surface area contributed by atoms with Crippen LogP contribution in [-0.4, -0.2) is 5.91 Å². The lowest BCUT2D eigenvalue weighted by molar-refractivity contribution is -0.118. The standard InChI is InChI=1S/C14H11NOS/c15-14(16)13-9-5-1-3-7-11(9)17-12-8-4-2-6-10(12)13/h1-8,13H,(H2,15,16). The minimum absolute atomic E-state index is 0.287. The Morgan fingerprint density at radius 3 is 1.88 bits per heavy atom. The maximum atomic E-state index is 11.7. The molecule has 1 heterocycles. The normalized spacial score (nSPS) is 13.9. The monoisotopic (exact) mass is 241 g/mol. The van der Waals surface area contributed by atoms with Crippen LogP contribution in [0.3, 0.4) is 0 Å². The Hall–Kier alpha value is -1.74. The van der Waals surface area contributed by atoms with Gasteiger partial charge in [0, 0.05) is 9.79 Å². The highest BCUT2D eigenvalue weighted by Gasteiger charge is 2.29. The summed E-state index contributed by atoms with van der Waals surface area (Å²) in [5, 5.41) is 0. The molecule has 0 saturated heterocycles. The van der Waals surface area contributed by atoms with Crippen molar-refractivity contribution in [3.05, 3.63) is 59.7 Å². The summed E-state index contributed by atoms with van der Waals surface area (Å²) in [4.78, 5) is 13.9. The van der Waals surface area contributed by atoms with Crippen LogP contribution in [-0.2, 0) is 4.79 Å². The fourth-order valence-electron chi connectivity index (χ4n) is 2.22. The first kappa shape index (κ1) is 10.4. The summed E-state index contributed by atoms with van der Waals surface area (Å²) in [6.07, 6.45) is 0. The van der Waals surface area contributed by atoms with Crippen LogP contribution in [0.4, 0.5) is 0 Å². The second-order valence-electron chi connectivity index (χ2n) is 4.01. The SMILES string of the molecule is NC(=O)C1c2ccccc2Sc2ccccc21. The van der Waals surface area contributed by atoms with Gasteiger partial charge >= 0.3 is 0 Å². The van der Waals surface area contributed by atoms with E-state index in [9.17, 15) is 4.79 Å². The smallest absolute Gasteiger partial charge is 0.229 e. The molecule has 1 aliphatic heterocycles. The summed E-state index contributed by atoms with van der Waals surface area (Å²) in [6, 6.07) is 15.9. The van der Waals surface area contributed by atoms with Crippen LogP contribution in [0.25, 0.3) is 0 Å². The van der Waals surface area contributed by atoms with E-state index in [2.05, 4.69) is 0 Å². The van der Waals surface area contributed by atoms with Gasteiger partial charge in [0.15, 0.2) is 0 Å². The summed E-state index contributed by atoms with van der Waals surface area (Å²) in [7, 11) is 0. The van der Waals surface area contributed by atoms with Crippen LogP contribution in [0.15, 0.2) is 58.3 Å². The second-order valence-corrected chi connectivity index (χ2v) is 5.10. The maximum Gasteiger partial charge on any atom is 0.229 e. The predicted molar refractivity (Wildman–Crippen MR) is 68.0 cm³/mol. The third-order valence-electron chi connectivity index (χ3n) is 2.96. The first-order valence-corrected chi connectivity index (χ1v) is 6.24. The lowest BCUT2D eigenvalue weighted by atomic mass is 9.90. The molecule has 3 rings (SSSR count). The van der Waals surface area contributed by atoms with Crippen molar-refractivity contribution >= 4 is 17.7 Å². The van der Waals surface area contributed by atoms with Gasteiger partial charge in [-0.05, 0) is 23.3 Å². The zero-order valence-electron chi connectivity index (χ0n) is 9.09. The Bertz CT molecular complexity index is 549. The third kappa shape index (κ3) is 1.63. The first-order chi connectivity index (χ1) is 8.27. The molecule has 17 heavy (non-hydrogen) atoms. The summed E-state index contributed by atoms with van der Waals surface area (Å²) in [5.41, 5.74) is 7.58. The molecule has 2 aromatic carbocycles. The number of hydrogen-bond donors (Lipinski definition) is 1. The van der Waals surface area contributed by atoms with Gasteiger partial charge in [0.25, 0.3) is 0 Å². The topological polar surface area (TPSA) is 43.1 Å². The van der Waals surface area contributed by atoms with Gasteiger partial charge in [-0.3, -0.25) is 4.79 Å². The average Bonchev–Trinajstić information content (AvgIpc) is 2.35. The molecule has 1 aliphatic rings. The molecule has 2 nitrogen and oxygen atoms in total. The van der Waals surface area contributed by atoms with E-state index in [0.717, 1.165) is 20.9 Å². The van der Waals surface area contributed by atoms with Gasteiger partial charge in [0.2, 0.25) is 5.91 Å². The van der Waals surface area contributed by atoms with Gasteiger partial charge in [-0.2, -0.15) is 0 Å². The number of nitrogens with two attached hydrogens (primary N) is 1. The molecule has 0 saturated carbocycles. The van der Waals surface area contributed by atoms with E-state index in [1.54, 1.807) is 11.8 Å². The van der Waals surface area contributed by atoms with Crippen LogP contribution >= 0.6 is 11.8 Å². The van der Waals surface area contributed by atoms with Crippen molar-refractivity contribution in [1.29, 1.82) is 0 Å². The van der Waals surface area contributed by atoms with Crippen LogP contribution in [0.5, 0.6) is 0 Å². The molecule has 3 heteroatoms. The quantitative estimate of drug-likeness (QED) is 0.834. The van der Waals surface area contributed by atoms with Crippen molar-refractivity contribution in [2.24, 2.45) is 5.73 Å². The highest BCUT2D eigenvalue weighted by Crippen LogP contribution is 2.45. The number of hydrogen-bond acceptors (Lipinski definition) is 2. The average molecular weight is 241 g/mol. The molecule has 0 bridgehead atoms. The van der Waals surface area contributed by atoms with Gasteiger partial charge in [-0.15, -0.1) is 0 Å². The highest BCUT2D eigenvalue weighted by atomic mass is 32.2. The molecular formula is C14H11NOS. The molecule has 84 valence electrons. The van der Waals surface area contributed by atoms with Crippen LogP contribution in [0.2, 0.25) is 0 Å². The molecule has 0 aliphatic carbocycles. The zero-order valence-corrected chi connectivity index (χ0v) is 9.91. The number of benzene rings is 2. The van der Waals surface area contributed by atoms with Crippen LogP contribution in [0.1, 0.15) is 17.0 Å². The number of carbonyl (C=O) groups is 1. The van der Waals surface area contributed by atoms with E-state index >= 15 is 0 Å². The minimum Gasteiger partial charge on any atom is -0.369 e. The Balaban J connectivity index is 2.24. The van der Waals surface area contributed by atoms with Gasteiger partial charge in [0.1, 0.15) is 0 Å². The molecule has 2 N–H and O–H groups in total. The van der Waals surface area contributed by atoms with E-state index in [1.165, 1.54) is 0 Å². The summed E-state index contributed by atoms with van der Waals surface area (Å²) in [6.45, 7) is 0. The lowest BCUT2D eigenvalue weighted by Gasteiger charge is -2.25. The van der Waals surface area contributed by atoms with E-state index in [4.69, 9.17) is 5.73 Å².